The molecule has 0 saturated carbocycles. The molecular weight excluding hydrogens is 248 g/mol. The monoisotopic (exact) mass is 260 g/mol. The average molecular weight is 261 g/mol. The zero-order chi connectivity index (χ0) is 13.0. The third-order valence-electron chi connectivity index (χ3n) is 2.95. The third kappa shape index (κ3) is 2.73. The molecule has 4 nitrogen and oxygen atoms in total. The fourth-order valence-electron chi connectivity index (χ4n) is 1.95. The molecule has 0 aromatic carbocycles. The number of aromatic nitrogens is 1. The Morgan fingerprint density at radius 2 is 2.06 bits per heavy atom. The molecule has 0 N–H and O–H groups in total. The number of hydrogen-bond acceptors (Lipinski definition) is 4. The number of piperazine rings is 1. The van der Waals surface area contributed by atoms with Gasteiger partial charge in [-0.3, -0.25) is 4.90 Å². The highest BCUT2D eigenvalue weighted by Gasteiger charge is 2.17. The van der Waals surface area contributed by atoms with E-state index in [-0.39, 0.29) is 5.69 Å². The first-order valence-corrected chi connectivity index (χ1v) is 6.10. The van der Waals surface area contributed by atoms with Crippen LogP contribution in [0.5, 0.6) is 0 Å². The van der Waals surface area contributed by atoms with Gasteiger partial charge in [-0.25, -0.2) is 4.98 Å². The van der Waals surface area contributed by atoms with Gasteiger partial charge in [-0.2, -0.15) is 5.26 Å². The molecule has 0 amide bonds. The van der Waals surface area contributed by atoms with E-state index >= 15 is 0 Å². The first kappa shape index (κ1) is 12.7. The van der Waals surface area contributed by atoms with Crippen molar-refractivity contribution in [3.05, 3.63) is 22.8 Å². The highest BCUT2D eigenvalue weighted by Crippen LogP contribution is 2.19. The quantitative estimate of drug-likeness (QED) is 0.753. The van der Waals surface area contributed by atoms with Crippen LogP contribution in [0.3, 0.4) is 0 Å². The van der Waals surface area contributed by atoms with Crippen molar-refractivity contribution in [2.45, 2.75) is 0 Å². The number of anilines is 1. The van der Waals surface area contributed by atoms with E-state index in [0.717, 1.165) is 32.0 Å². The van der Waals surface area contributed by atoms with Crippen LogP contribution in [-0.4, -0.2) is 42.6 Å². The Labute approximate surface area is 112 Å². The highest BCUT2D eigenvalue weighted by atomic mass is 35.5. The van der Waals surface area contributed by atoms with Crippen molar-refractivity contribution < 1.29 is 0 Å². The molecule has 1 aromatic rings. The first-order valence-electron chi connectivity index (χ1n) is 5.72. The average Bonchev–Trinajstić information content (AvgIpc) is 2.41. The Balaban J connectivity index is 2.06. The molecular formula is C13H13ClN4. The Hall–Kier alpha value is -1.75. The molecule has 1 aliphatic heterocycles. The summed E-state index contributed by atoms with van der Waals surface area (Å²) in [5, 5.41) is 9.30. The molecule has 0 aliphatic carbocycles. The van der Waals surface area contributed by atoms with Crippen LogP contribution in [0.4, 0.5) is 5.82 Å². The number of halogens is 1. The number of nitrogens with zero attached hydrogens (tertiary/aromatic N) is 4. The summed E-state index contributed by atoms with van der Waals surface area (Å²) in [5.74, 6) is 3.45. The van der Waals surface area contributed by atoms with Crippen LogP contribution in [0.25, 0.3) is 0 Å². The maximum absolute atomic E-state index is 8.91. The summed E-state index contributed by atoms with van der Waals surface area (Å²) in [6.45, 7) is 4.24. The molecule has 0 unspecified atom stereocenters. The van der Waals surface area contributed by atoms with Crippen LogP contribution in [0.15, 0.2) is 12.1 Å². The largest absolute Gasteiger partial charge is 0.354 e. The molecule has 92 valence electrons. The normalized spacial score (nSPS) is 16.1. The van der Waals surface area contributed by atoms with Crippen molar-refractivity contribution in [3.63, 3.8) is 0 Å². The number of terminal acetylenes is 1. The van der Waals surface area contributed by atoms with Crippen LogP contribution in [-0.2, 0) is 0 Å². The van der Waals surface area contributed by atoms with Crippen LogP contribution in [0.1, 0.15) is 5.69 Å². The van der Waals surface area contributed by atoms with Gasteiger partial charge in [-0.1, -0.05) is 17.5 Å². The van der Waals surface area contributed by atoms with Crippen LogP contribution >= 0.6 is 11.6 Å². The van der Waals surface area contributed by atoms with Gasteiger partial charge in [0.05, 0.1) is 11.6 Å². The molecule has 2 heterocycles. The van der Waals surface area contributed by atoms with Crippen molar-refractivity contribution in [1.29, 1.82) is 5.26 Å². The fourth-order valence-corrected chi connectivity index (χ4v) is 2.10. The van der Waals surface area contributed by atoms with Gasteiger partial charge in [-0.05, 0) is 12.1 Å². The zero-order valence-electron chi connectivity index (χ0n) is 9.93. The minimum atomic E-state index is 0.278. The van der Waals surface area contributed by atoms with Crippen LogP contribution < -0.4 is 4.90 Å². The molecule has 5 heteroatoms. The van der Waals surface area contributed by atoms with Gasteiger partial charge in [0.15, 0.2) is 5.69 Å². The van der Waals surface area contributed by atoms with Crippen molar-refractivity contribution in [2.24, 2.45) is 0 Å². The second-order valence-corrected chi connectivity index (χ2v) is 4.49. The van der Waals surface area contributed by atoms with E-state index in [9.17, 15) is 0 Å². The van der Waals surface area contributed by atoms with E-state index in [2.05, 4.69) is 20.7 Å². The maximum atomic E-state index is 8.91. The lowest BCUT2D eigenvalue weighted by molar-refractivity contribution is 0.287. The maximum Gasteiger partial charge on any atom is 0.161 e. The molecule has 0 atom stereocenters. The minimum Gasteiger partial charge on any atom is -0.354 e. The molecule has 0 spiro atoms. The van der Waals surface area contributed by atoms with Crippen molar-refractivity contribution >= 4 is 17.4 Å². The summed E-state index contributed by atoms with van der Waals surface area (Å²) >= 11 is 5.87. The Morgan fingerprint density at radius 1 is 1.33 bits per heavy atom. The van der Waals surface area contributed by atoms with Gasteiger partial charge in [0.2, 0.25) is 0 Å². The summed E-state index contributed by atoms with van der Waals surface area (Å²) in [4.78, 5) is 8.62. The molecule has 1 saturated heterocycles. The van der Waals surface area contributed by atoms with E-state index in [1.54, 1.807) is 6.07 Å². The Kier molecular flexibility index (Phi) is 4.04. The van der Waals surface area contributed by atoms with Crippen LogP contribution in [0.2, 0.25) is 5.02 Å². The van der Waals surface area contributed by atoms with Crippen molar-refractivity contribution in [2.75, 3.05) is 37.6 Å². The fraction of sp³-hybridized carbons (Fsp3) is 0.385. The van der Waals surface area contributed by atoms with Gasteiger partial charge in [0.1, 0.15) is 11.9 Å². The lowest BCUT2D eigenvalue weighted by Gasteiger charge is -2.34. The number of rotatable bonds is 2. The number of nitriles is 1. The SMILES string of the molecule is C#CCN1CCN(c2ccc(Cl)c(C#N)n2)CC1. The summed E-state index contributed by atoms with van der Waals surface area (Å²) in [6.07, 6.45) is 5.29. The van der Waals surface area contributed by atoms with Crippen molar-refractivity contribution in [3.8, 4) is 18.4 Å². The zero-order valence-corrected chi connectivity index (χ0v) is 10.7. The predicted octanol–water partition coefficient (Wildman–Crippen LogP) is 1.36. The van der Waals surface area contributed by atoms with E-state index in [0.29, 0.717) is 11.6 Å². The molecule has 1 aliphatic rings. The van der Waals surface area contributed by atoms with Gasteiger partial charge in [0.25, 0.3) is 0 Å². The van der Waals surface area contributed by atoms with E-state index < -0.39 is 0 Å². The Morgan fingerprint density at radius 3 is 2.67 bits per heavy atom. The van der Waals surface area contributed by atoms with Gasteiger partial charge in [-0.15, -0.1) is 6.42 Å². The van der Waals surface area contributed by atoms with Gasteiger partial charge >= 0.3 is 0 Å². The molecule has 1 fully saturated rings. The summed E-state index contributed by atoms with van der Waals surface area (Å²) in [5.41, 5.74) is 0.278. The molecule has 1 aromatic heterocycles. The molecule has 2 rings (SSSR count). The number of hydrogen-bond donors (Lipinski definition) is 0. The highest BCUT2D eigenvalue weighted by molar-refractivity contribution is 6.31. The predicted molar refractivity (Wildman–Crippen MR) is 71.4 cm³/mol. The van der Waals surface area contributed by atoms with E-state index in [1.807, 2.05) is 12.1 Å². The third-order valence-corrected chi connectivity index (χ3v) is 3.25. The molecule has 0 radical (unpaired) electrons. The standard InChI is InChI=1S/C13H13ClN4/c1-2-5-17-6-8-18(9-7-17)13-4-3-11(14)12(10-15)16-13/h1,3-4H,5-9H2. The summed E-state index contributed by atoms with van der Waals surface area (Å²) < 4.78 is 0. The van der Waals surface area contributed by atoms with E-state index in [1.165, 1.54) is 0 Å². The van der Waals surface area contributed by atoms with Gasteiger partial charge in [0, 0.05) is 26.2 Å². The van der Waals surface area contributed by atoms with Gasteiger partial charge < -0.3 is 4.90 Å². The van der Waals surface area contributed by atoms with E-state index in [4.69, 9.17) is 23.3 Å². The summed E-state index contributed by atoms with van der Waals surface area (Å²) in [6, 6.07) is 5.56. The van der Waals surface area contributed by atoms with Crippen molar-refractivity contribution in [1.82, 2.24) is 9.88 Å². The minimum absolute atomic E-state index is 0.278. The summed E-state index contributed by atoms with van der Waals surface area (Å²) in [7, 11) is 0. The van der Waals surface area contributed by atoms with Crippen LogP contribution in [0, 0.1) is 23.7 Å². The smallest absolute Gasteiger partial charge is 0.161 e. The number of pyridine rings is 1. The Bertz CT molecular complexity index is 507. The second-order valence-electron chi connectivity index (χ2n) is 4.08. The lowest BCUT2D eigenvalue weighted by atomic mass is 10.3. The molecule has 0 bridgehead atoms. The second kappa shape index (κ2) is 5.73. The molecule has 18 heavy (non-hydrogen) atoms. The topological polar surface area (TPSA) is 43.2 Å². The lowest BCUT2D eigenvalue weighted by Crippen LogP contribution is -2.46. The first-order chi connectivity index (χ1) is 8.74.